The van der Waals surface area contributed by atoms with Gasteiger partial charge < -0.3 is 10.6 Å². The number of non-ortho nitro benzene ring substituents is 1. The van der Waals surface area contributed by atoms with E-state index < -0.39 is 28.1 Å². The van der Waals surface area contributed by atoms with Crippen molar-refractivity contribution in [1.82, 2.24) is 5.32 Å². The zero-order valence-electron chi connectivity index (χ0n) is 13.7. The standard InChI is InChI=1S/C16H13ClN4O6/c17-13-6-10(4-5-14(13)21(26)27)9-18-15(22)8-16(23)19-11-2-1-3-12(7-11)20(24)25/h1-7H,8-9H2,(H,18,22)(H,19,23). The van der Waals surface area contributed by atoms with Gasteiger partial charge in [-0.2, -0.15) is 0 Å². The quantitative estimate of drug-likeness (QED) is 0.421. The Bertz CT molecular complexity index is 918. The highest BCUT2D eigenvalue weighted by atomic mass is 35.5. The topological polar surface area (TPSA) is 144 Å². The fourth-order valence-corrected chi connectivity index (χ4v) is 2.39. The molecule has 2 N–H and O–H groups in total. The molecule has 2 rings (SSSR count). The van der Waals surface area contributed by atoms with Crippen molar-refractivity contribution < 1.29 is 19.4 Å². The molecule has 0 atom stereocenters. The number of amides is 2. The highest BCUT2D eigenvalue weighted by molar-refractivity contribution is 6.32. The van der Waals surface area contributed by atoms with E-state index in [4.69, 9.17) is 11.6 Å². The van der Waals surface area contributed by atoms with Crippen molar-refractivity contribution in [2.45, 2.75) is 13.0 Å². The van der Waals surface area contributed by atoms with E-state index in [2.05, 4.69) is 10.6 Å². The molecule has 140 valence electrons. The fraction of sp³-hybridized carbons (Fsp3) is 0.125. The molecule has 0 aliphatic rings. The van der Waals surface area contributed by atoms with Gasteiger partial charge in [0.05, 0.1) is 9.85 Å². The first kappa shape index (κ1) is 19.8. The van der Waals surface area contributed by atoms with Crippen molar-refractivity contribution in [2.75, 3.05) is 5.32 Å². The van der Waals surface area contributed by atoms with Crippen molar-refractivity contribution >= 4 is 40.5 Å². The minimum Gasteiger partial charge on any atom is -0.352 e. The first-order valence-corrected chi connectivity index (χ1v) is 7.88. The van der Waals surface area contributed by atoms with Crippen LogP contribution >= 0.6 is 11.6 Å². The molecule has 0 aliphatic carbocycles. The Morgan fingerprint density at radius 3 is 2.37 bits per heavy atom. The first-order valence-electron chi connectivity index (χ1n) is 7.50. The molecule has 2 aromatic rings. The Balaban J connectivity index is 1.87. The summed E-state index contributed by atoms with van der Waals surface area (Å²) in [4.78, 5) is 43.9. The molecule has 0 fully saturated rings. The number of benzene rings is 2. The van der Waals surface area contributed by atoms with E-state index in [1.807, 2.05) is 0 Å². The average Bonchev–Trinajstić information content (AvgIpc) is 2.59. The molecule has 0 aliphatic heterocycles. The zero-order valence-corrected chi connectivity index (χ0v) is 14.4. The van der Waals surface area contributed by atoms with Crippen molar-refractivity contribution in [3.63, 3.8) is 0 Å². The molecule has 0 saturated heterocycles. The predicted molar refractivity (Wildman–Crippen MR) is 96.3 cm³/mol. The summed E-state index contributed by atoms with van der Waals surface area (Å²) >= 11 is 5.78. The maximum atomic E-state index is 11.9. The minimum absolute atomic E-state index is 0.0284. The molecule has 0 bridgehead atoms. The van der Waals surface area contributed by atoms with E-state index >= 15 is 0 Å². The Morgan fingerprint density at radius 1 is 1.00 bits per heavy atom. The van der Waals surface area contributed by atoms with Crippen LogP contribution in [-0.4, -0.2) is 21.7 Å². The molecule has 0 unspecified atom stereocenters. The van der Waals surface area contributed by atoms with Crippen LogP contribution in [0.3, 0.4) is 0 Å². The third kappa shape index (κ3) is 5.75. The molecule has 0 saturated carbocycles. The SMILES string of the molecule is O=C(CC(=O)Nc1cccc([N+](=O)[O-])c1)NCc1ccc([N+](=O)[O-])c(Cl)c1. The third-order valence-corrected chi connectivity index (χ3v) is 3.66. The van der Waals surface area contributed by atoms with Gasteiger partial charge in [0, 0.05) is 30.4 Å². The lowest BCUT2D eigenvalue weighted by molar-refractivity contribution is -0.384. The summed E-state index contributed by atoms with van der Waals surface area (Å²) in [5.74, 6) is -1.23. The van der Waals surface area contributed by atoms with Crippen LogP contribution in [0.5, 0.6) is 0 Å². The second-order valence-corrected chi connectivity index (χ2v) is 5.76. The van der Waals surface area contributed by atoms with Gasteiger partial charge in [-0.05, 0) is 17.7 Å². The van der Waals surface area contributed by atoms with Crippen molar-refractivity contribution in [1.29, 1.82) is 0 Å². The highest BCUT2D eigenvalue weighted by Crippen LogP contribution is 2.24. The van der Waals surface area contributed by atoms with Crippen LogP contribution in [-0.2, 0) is 16.1 Å². The van der Waals surface area contributed by atoms with Crippen molar-refractivity contribution in [2.24, 2.45) is 0 Å². The summed E-state index contributed by atoms with van der Waals surface area (Å²) < 4.78 is 0. The molecular formula is C16H13ClN4O6. The van der Waals surface area contributed by atoms with Gasteiger partial charge in [0.1, 0.15) is 11.4 Å². The van der Waals surface area contributed by atoms with Crippen LogP contribution < -0.4 is 10.6 Å². The van der Waals surface area contributed by atoms with Gasteiger partial charge >= 0.3 is 0 Å². The largest absolute Gasteiger partial charge is 0.352 e. The number of halogens is 1. The number of nitrogens with zero attached hydrogens (tertiary/aromatic N) is 2. The summed E-state index contributed by atoms with van der Waals surface area (Å²) in [5, 5.41) is 26.2. The van der Waals surface area contributed by atoms with Crippen LogP contribution in [0.15, 0.2) is 42.5 Å². The van der Waals surface area contributed by atoms with Gasteiger partial charge in [-0.1, -0.05) is 23.7 Å². The van der Waals surface area contributed by atoms with Gasteiger partial charge in [0.25, 0.3) is 11.4 Å². The second-order valence-electron chi connectivity index (χ2n) is 5.35. The number of nitro benzene ring substituents is 2. The molecule has 2 aromatic carbocycles. The maximum Gasteiger partial charge on any atom is 0.287 e. The van der Waals surface area contributed by atoms with Gasteiger partial charge in [-0.15, -0.1) is 0 Å². The lowest BCUT2D eigenvalue weighted by Crippen LogP contribution is -2.27. The predicted octanol–water partition coefficient (Wildman–Crippen LogP) is 2.80. The molecule has 0 aromatic heterocycles. The Labute approximate surface area is 157 Å². The molecule has 0 heterocycles. The summed E-state index contributed by atoms with van der Waals surface area (Å²) in [7, 11) is 0. The number of hydrogen-bond donors (Lipinski definition) is 2. The Morgan fingerprint density at radius 2 is 1.74 bits per heavy atom. The van der Waals surface area contributed by atoms with E-state index in [1.165, 1.54) is 42.5 Å². The van der Waals surface area contributed by atoms with Crippen LogP contribution in [0.25, 0.3) is 0 Å². The van der Waals surface area contributed by atoms with Crippen molar-refractivity contribution in [3.8, 4) is 0 Å². The normalized spacial score (nSPS) is 10.1. The minimum atomic E-state index is -0.644. The monoisotopic (exact) mass is 392 g/mol. The van der Waals surface area contributed by atoms with E-state index in [0.29, 0.717) is 5.56 Å². The summed E-state index contributed by atoms with van der Waals surface area (Å²) in [6, 6.07) is 9.33. The highest BCUT2D eigenvalue weighted by Gasteiger charge is 2.14. The van der Waals surface area contributed by atoms with Gasteiger partial charge in [-0.3, -0.25) is 29.8 Å². The number of carbonyl (C=O) groups excluding carboxylic acids is 2. The Kier molecular flexibility index (Phi) is 6.39. The number of hydrogen-bond acceptors (Lipinski definition) is 6. The smallest absolute Gasteiger partial charge is 0.287 e. The van der Waals surface area contributed by atoms with E-state index in [-0.39, 0.29) is 28.6 Å². The van der Waals surface area contributed by atoms with Crippen LogP contribution in [0.2, 0.25) is 5.02 Å². The summed E-state index contributed by atoms with van der Waals surface area (Å²) in [6.45, 7) is 0.0284. The molecular weight excluding hydrogens is 380 g/mol. The van der Waals surface area contributed by atoms with E-state index in [0.717, 1.165) is 0 Å². The molecule has 0 spiro atoms. The molecule has 11 heteroatoms. The van der Waals surface area contributed by atoms with E-state index in [1.54, 1.807) is 0 Å². The lowest BCUT2D eigenvalue weighted by atomic mass is 10.2. The van der Waals surface area contributed by atoms with Crippen LogP contribution in [0.1, 0.15) is 12.0 Å². The number of nitrogens with one attached hydrogen (secondary N) is 2. The fourth-order valence-electron chi connectivity index (χ4n) is 2.12. The molecule has 10 nitrogen and oxygen atoms in total. The summed E-state index contributed by atoms with van der Waals surface area (Å²) in [6.07, 6.45) is -0.497. The number of carbonyl (C=O) groups is 2. The maximum absolute atomic E-state index is 11.9. The molecule has 27 heavy (non-hydrogen) atoms. The number of nitro groups is 2. The molecule has 2 amide bonds. The third-order valence-electron chi connectivity index (χ3n) is 3.36. The van der Waals surface area contributed by atoms with E-state index in [9.17, 15) is 29.8 Å². The number of rotatable bonds is 7. The second kappa shape index (κ2) is 8.72. The molecule has 0 radical (unpaired) electrons. The van der Waals surface area contributed by atoms with Crippen LogP contribution in [0.4, 0.5) is 17.1 Å². The number of anilines is 1. The zero-order chi connectivity index (χ0) is 20.0. The van der Waals surface area contributed by atoms with Gasteiger partial charge in [0.15, 0.2) is 0 Å². The Hall–Kier alpha value is -3.53. The average molecular weight is 393 g/mol. The van der Waals surface area contributed by atoms with Gasteiger partial charge in [0.2, 0.25) is 11.8 Å². The van der Waals surface area contributed by atoms with Crippen LogP contribution in [0, 0.1) is 20.2 Å². The van der Waals surface area contributed by atoms with Gasteiger partial charge in [-0.25, -0.2) is 0 Å². The van der Waals surface area contributed by atoms with Crippen molar-refractivity contribution in [3.05, 3.63) is 73.3 Å². The lowest BCUT2D eigenvalue weighted by Gasteiger charge is -2.07. The first-order chi connectivity index (χ1) is 12.8. The summed E-state index contributed by atoms with van der Waals surface area (Å²) in [5.41, 5.74) is 0.289.